The smallest absolute Gasteiger partial charge is 0.273 e. The Morgan fingerprint density at radius 3 is 2.76 bits per heavy atom. The average Bonchev–Trinajstić information content (AvgIpc) is 3.43. The Labute approximate surface area is 122 Å². The van der Waals surface area contributed by atoms with Crippen LogP contribution in [0.1, 0.15) is 65.2 Å². The van der Waals surface area contributed by atoms with Crippen LogP contribution in [-0.4, -0.2) is 21.0 Å². The maximum absolute atomic E-state index is 12.0. The Kier molecular flexibility index (Phi) is 2.94. The molecule has 0 saturated heterocycles. The van der Waals surface area contributed by atoms with Gasteiger partial charge >= 0.3 is 0 Å². The number of nitrogens with one attached hydrogen (secondary N) is 1. The predicted molar refractivity (Wildman–Crippen MR) is 73.7 cm³/mol. The molecule has 0 bridgehead atoms. The predicted octanol–water partition coefficient (Wildman–Crippen LogP) is 2.15. The summed E-state index contributed by atoms with van der Waals surface area (Å²) in [6.45, 7) is 0.382. The summed E-state index contributed by atoms with van der Waals surface area (Å²) in [5.74, 6) is 1.64. The lowest BCUT2D eigenvalue weighted by molar-refractivity contribution is 0.0941. The molecule has 0 aliphatic heterocycles. The molecule has 2 aromatic heterocycles. The molecular weight excluding hydrogens is 268 g/mol. The Morgan fingerprint density at radius 1 is 1.19 bits per heavy atom. The molecule has 1 N–H and O–H groups in total. The van der Waals surface area contributed by atoms with Crippen LogP contribution in [0.3, 0.4) is 0 Å². The summed E-state index contributed by atoms with van der Waals surface area (Å²) in [5, 5.41) is 6.65. The molecule has 0 unspecified atom stereocenters. The van der Waals surface area contributed by atoms with Crippen molar-refractivity contribution in [2.24, 2.45) is 0 Å². The number of amides is 1. The second-order valence-electron chi connectivity index (χ2n) is 5.78. The van der Waals surface area contributed by atoms with Crippen molar-refractivity contribution < 1.29 is 9.32 Å². The maximum Gasteiger partial charge on any atom is 0.273 e. The summed E-state index contributed by atoms with van der Waals surface area (Å²) in [6, 6.07) is 3.71. The van der Waals surface area contributed by atoms with Crippen LogP contribution in [0.2, 0.25) is 0 Å². The van der Waals surface area contributed by atoms with E-state index in [0.717, 1.165) is 30.0 Å². The first kappa shape index (κ1) is 12.5. The minimum absolute atomic E-state index is 0.225. The third kappa shape index (κ3) is 2.79. The summed E-state index contributed by atoms with van der Waals surface area (Å²) in [4.78, 5) is 20.5. The lowest BCUT2D eigenvalue weighted by atomic mass is 10.2. The fraction of sp³-hybridized carbons (Fsp3) is 0.467. The molecule has 6 nitrogen and oxygen atoms in total. The van der Waals surface area contributed by atoms with Crippen molar-refractivity contribution in [1.29, 1.82) is 0 Å². The van der Waals surface area contributed by atoms with Gasteiger partial charge in [0.2, 0.25) is 0 Å². The van der Waals surface area contributed by atoms with Gasteiger partial charge in [-0.1, -0.05) is 5.16 Å². The third-order valence-electron chi connectivity index (χ3n) is 3.91. The van der Waals surface area contributed by atoms with Crippen LogP contribution in [0.4, 0.5) is 0 Å². The summed E-state index contributed by atoms with van der Waals surface area (Å²) in [6.07, 6.45) is 6.22. The van der Waals surface area contributed by atoms with E-state index in [4.69, 9.17) is 4.52 Å². The van der Waals surface area contributed by atoms with Crippen molar-refractivity contribution in [2.45, 2.75) is 44.1 Å². The Hall–Kier alpha value is -2.24. The largest absolute Gasteiger partial charge is 0.360 e. The van der Waals surface area contributed by atoms with Crippen molar-refractivity contribution >= 4 is 5.91 Å². The highest BCUT2D eigenvalue weighted by Crippen LogP contribution is 2.40. The number of aromatic nitrogens is 3. The molecule has 2 saturated carbocycles. The van der Waals surface area contributed by atoms with E-state index in [0.29, 0.717) is 24.1 Å². The van der Waals surface area contributed by atoms with Gasteiger partial charge in [0.05, 0.1) is 12.2 Å². The van der Waals surface area contributed by atoms with Gasteiger partial charge in [0.25, 0.3) is 5.91 Å². The fourth-order valence-electron chi connectivity index (χ4n) is 2.33. The lowest BCUT2D eigenvalue weighted by Gasteiger charge is -2.03. The molecule has 2 fully saturated rings. The summed E-state index contributed by atoms with van der Waals surface area (Å²) < 4.78 is 5.18. The van der Waals surface area contributed by atoms with E-state index in [1.807, 2.05) is 6.07 Å². The first-order valence-electron chi connectivity index (χ1n) is 7.35. The van der Waals surface area contributed by atoms with E-state index in [9.17, 15) is 4.79 Å². The van der Waals surface area contributed by atoms with Crippen LogP contribution in [0.25, 0.3) is 0 Å². The zero-order valence-corrected chi connectivity index (χ0v) is 11.6. The molecule has 2 heterocycles. The summed E-state index contributed by atoms with van der Waals surface area (Å²) >= 11 is 0. The maximum atomic E-state index is 12.0. The second-order valence-corrected chi connectivity index (χ2v) is 5.78. The molecule has 0 aromatic carbocycles. The average molecular weight is 284 g/mol. The highest BCUT2D eigenvalue weighted by atomic mass is 16.5. The quantitative estimate of drug-likeness (QED) is 0.909. The van der Waals surface area contributed by atoms with Crippen LogP contribution in [0.15, 0.2) is 23.0 Å². The molecule has 1 amide bonds. The molecule has 108 valence electrons. The molecular formula is C15H16N4O2. The number of hydrogen-bond donors (Lipinski definition) is 1. The molecule has 0 radical (unpaired) electrons. The van der Waals surface area contributed by atoms with Gasteiger partial charge in [-0.15, -0.1) is 0 Å². The first-order chi connectivity index (χ1) is 10.3. The fourth-order valence-corrected chi connectivity index (χ4v) is 2.33. The zero-order chi connectivity index (χ0) is 14.2. The number of carbonyl (C=O) groups is 1. The molecule has 0 atom stereocenters. The molecule has 6 heteroatoms. The molecule has 2 aliphatic carbocycles. The minimum Gasteiger partial charge on any atom is -0.360 e. The van der Waals surface area contributed by atoms with Crippen LogP contribution < -0.4 is 5.32 Å². The SMILES string of the molecule is O=C(NCc1cc(C2CC2)ncn1)c1cc(C2CC2)on1. The highest BCUT2D eigenvalue weighted by Gasteiger charge is 2.29. The normalized spacial score (nSPS) is 17.7. The van der Waals surface area contributed by atoms with Crippen molar-refractivity contribution in [3.8, 4) is 0 Å². The van der Waals surface area contributed by atoms with E-state index in [-0.39, 0.29) is 5.91 Å². The van der Waals surface area contributed by atoms with Crippen LogP contribution >= 0.6 is 0 Å². The second kappa shape index (κ2) is 4.95. The van der Waals surface area contributed by atoms with Gasteiger partial charge in [0.15, 0.2) is 5.69 Å². The third-order valence-corrected chi connectivity index (χ3v) is 3.91. The van der Waals surface area contributed by atoms with Crippen molar-refractivity contribution in [2.75, 3.05) is 0 Å². The number of carbonyl (C=O) groups excluding carboxylic acids is 1. The van der Waals surface area contributed by atoms with E-state index in [2.05, 4.69) is 20.4 Å². The standard InChI is InChI=1S/C15H16N4O2/c20-15(13-6-14(21-19-13)10-3-4-10)16-7-11-5-12(9-1-2-9)18-8-17-11/h5-6,8-10H,1-4,7H2,(H,16,20). The molecule has 2 aliphatic rings. The van der Waals surface area contributed by atoms with Gasteiger partial charge in [-0.2, -0.15) is 0 Å². The molecule has 4 rings (SSSR count). The monoisotopic (exact) mass is 284 g/mol. The highest BCUT2D eigenvalue weighted by molar-refractivity contribution is 5.92. The first-order valence-corrected chi connectivity index (χ1v) is 7.35. The molecule has 2 aromatic rings. The lowest BCUT2D eigenvalue weighted by Crippen LogP contribution is -2.23. The van der Waals surface area contributed by atoms with Gasteiger partial charge in [-0.3, -0.25) is 4.79 Å². The number of nitrogens with zero attached hydrogens (tertiary/aromatic N) is 3. The van der Waals surface area contributed by atoms with E-state index < -0.39 is 0 Å². The van der Waals surface area contributed by atoms with Crippen LogP contribution in [0, 0.1) is 0 Å². The van der Waals surface area contributed by atoms with Gasteiger partial charge in [0.1, 0.15) is 12.1 Å². The topological polar surface area (TPSA) is 80.9 Å². The number of hydrogen-bond acceptors (Lipinski definition) is 5. The summed E-state index contributed by atoms with van der Waals surface area (Å²) in [7, 11) is 0. The Bertz CT molecular complexity index is 674. The van der Waals surface area contributed by atoms with Gasteiger partial charge in [-0.05, 0) is 31.7 Å². The Balaban J connectivity index is 1.38. The van der Waals surface area contributed by atoms with Crippen molar-refractivity contribution in [3.63, 3.8) is 0 Å². The van der Waals surface area contributed by atoms with Gasteiger partial charge in [-0.25, -0.2) is 9.97 Å². The minimum atomic E-state index is -0.225. The van der Waals surface area contributed by atoms with Gasteiger partial charge < -0.3 is 9.84 Å². The summed E-state index contributed by atoms with van der Waals surface area (Å²) in [5.41, 5.74) is 2.24. The molecule has 21 heavy (non-hydrogen) atoms. The Morgan fingerprint density at radius 2 is 2.00 bits per heavy atom. The molecule has 0 spiro atoms. The van der Waals surface area contributed by atoms with E-state index in [1.165, 1.54) is 12.8 Å². The van der Waals surface area contributed by atoms with Crippen LogP contribution in [-0.2, 0) is 6.54 Å². The number of rotatable bonds is 5. The van der Waals surface area contributed by atoms with Crippen molar-refractivity contribution in [1.82, 2.24) is 20.4 Å². The van der Waals surface area contributed by atoms with Gasteiger partial charge in [0, 0.05) is 23.6 Å². The van der Waals surface area contributed by atoms with Crippen LogP contribution in [0.5, 0.6) is 0 Å². The van der Waals surface area contributed by atoms with Crippen molar-refractivity contribution in [3.05, 3.63) is 41.3 Å². The van der Waals surface area contributed by atoms with E-state index >= 15 is 0 Å². The zero-order valence-electron chi connectivity index (χ0n) is 11.6. The van der Waals surface area contributed by atoms with E-state index in [1.54, 1.807) is 12.4 Å².